The second kappa shape index (κ2) is 7.07. The summed E-state index contributed by atoms with van der Waals surface area (Å²) in [5.41, 5.74) is 5.94. The molecule has 96 valence electrons. The zero-order chi connectivity index (χ0) is 13.1. The minimum absolute atomic E-state index is 0. The summed E-state index contributed by atoms with van der Waals surface area (Å²) in [6.45, 7) is 0. The third-order valence-electron chi connectivity index (χ3n) is 1.90. The molecule has 1 atom stereocenters. The van der Waals surface area contributed by atoms with Crippen LogP contribution >= 0.6 is 0 Å². The van der Waals surface area contributed by atoms with Crippen LogP contribution < -0.4 is 9.92 Å². The van der Waals surface area contributed by atoms with Gasteiger partial charge in [0.05, 0.1) is 0 Å². The van der Waals surface area contributed by atoms with Crippen LogP contribution in [0, 0.1) is 0 Å². The van der Waals surface area contributed by atoms with E-state index in [1.165, 1.54) is 24.3 Å². The van der Waals surface area contributed by atoms with Gasteiger partial charge < -0.3 is 15.0 Å². The SMILES string of the molecule is NC(Cc1ccc(OS(=O)(=O)O)cc1)C(=O)O.[NaH]. The predicted molar refractivity (Wildman–Crippen MR) is 65.1 cm³/mol. The van der Waals surface area contributed by atoms with Gasteiger partial charge in [-0.25, -0.2) is 0 Å². The number of benzene rings is 1. The normalized spacial score (nSPS) is 12.3. The van der Waals surface area contributed by atoms with Crippen LogP contribution in [0.25, 0.3) is 0 Å². The van der Waals surface area contributed by atoms with Crippen LogP contribution in [0.4, 0.5) is 0 Å². The second-order valence-corrected chi connectivity index (χ2v) is 4.33. The van der Waals surface area contributed by atoms with E-state index >= 15 is 0 Å². The molecule has 1 unspecified atom stereocenters. The van der Waals surface area contributed by atoms with E-state index in [1.807, 2.05) is 0 Å². The standard InChI is InChI=1S/C9H11NO6S.Na.H/c10-8(9(11)12)5-6-1-3-7(4-2-6)16-17(13,14)15;;/h1-4,8H,5,10H2,(H,11,12)(H,13,14,15);;. The Morgan fingerprint density at radius 1 is 1.33 bits per heavy atom. The van der Waals surface area contributed by atoms with Crippen LogP contribution in [0.2, 0.25) is 0 Å². The fourth-order valence-electron chi connectivity index (χ4n) is 1.14. The van der Waals surface area contributed by atoms with Crippen molar-refractivity contribution in [3.05, 3.63) is 29.8 Å². The topological polar surface area (TPSA) is 127 Å². The van der Waals surface area contributed by atoms with Crippen LogP contribution in [0.1, 0.15) is 5.56 Å². The minimum atomic E-state index is -4.55. The van der Waals surface area contributed by atoms with Crippen LogP contribution in [0.3, 0.4) is 0 Å². The maximum absolute atomic E-state index is 10.5. The van der Waals surface area contributed by atoms with Gasteiger partial charge in [0.25, 0.3) is 0 Å². The summed E-state index contributed by atoms with van der Waals surface area (Å²) in [6.07, 6.45) is 0.113. The molecule has 0 saturated carbocycles. The van der Waals surface area contributed by atoms with E-state index in [1.54, 1.807) is 0 Å². The van der Waals surface area contributed by atoms with Crippen LogP contribution in [0.5, 0.6) is 5.75 Å². The molecule has 1 rings (SSSR count). The summed E-state index contributed by atoms with van der Waals surface area (Å²) in [6, 6.07) is 4.48. The molecule has 0 bridgehead atoms. The Balaban J connectivity index is 0.00000289. The van der Waals surface area contributed by atoms with E-state index in [0.29, 0.717) is 5.56 Å². The quantitative estimate of drug-likeness (QED) is 0.476. The number of carbonyl (C=O) groups is 1. The molecule has 0 radical (unpaired) electrons. The van der Waals surface area contributed by atoms with E-state index < -0.39 is 22.4 Å². The molecule has 9 heteroatoms. The number of rotatable bonds is 5. The summed E-state index contributed by atoms with van der Waals surface area (Å²) in [7, 11) is -4.55. The van der Waals surface area contributed by atoms with Crippen molar-refractivity contribution in [1.82, 2.24) is 0 Å². The molecule has 1 aromatic carbocycles. The molecule has 0 fully saturated rings. The molecule has 1 aromatic rings. The van der Waals surface area contributed by atoms with Crippen molar-refractivity contribution < 1.29 is 27.1 Å². The van der Waals surface area contributed by atoms with Crippen LogP contribution in [-0.2, 0) is 21.6 Å². The first-order valence-electron chi connectivity index (χ1n) is 4.52. The predicted octanol–water partition coefficient (Wildman–Crippen LogP) is -0.826. The van der Waals surface area contributed by atoms with Crippen molar-refractivity contribution in [3.8, 4) is 5.75 Å². The van der Waals surface area contributed by atoms with Gasteiger partial charge in [0.1, 0.15) is 11.8 Å². The van der Waals surface area contributed by atoms with Crippen molar-refractivity contribution in [2.45, 2.75) is 12.5 Å². The van der Waals surface area contributed by atoms with Gasteiger partial charge in [-0.2, -0.15) is 8.42 Å². The summed E-state index contributed by atoms with van der Waals surface area (Å²) in [4.78, 5) is 10.5. The third-order valence-corrected chi connectivity index (χ3v) is 2.30. The summed E-state index contributed by atoms with van der Waals surface area (Å²) in [5, 5.41) is 8.59. The van der Waals surface area contributed by atoms with Crippen LogP contribution in [0.15, 0.2) is 24.3 Å². The summed E-state index contributed by atoms with van der Waals surface area (Å²) in [5.74, 6) is -1.19. The number of carboxylic acid groups (broad SMARTS) is 1. The number of hydrogen-bond donors (Lipinski definition) is 3. The zero-order valence-corrected chi connectivity index (χ0v) is 9.42. The molecule has 0 amide bonds. The first-order valence-corrected chi connectivity index (χ1v) is 5.88. The Morgan fingerprint density at radius 3 is 2.22 bits per heavy atom. The number of hydrogen-bond acceptors (Lipinski definition) is 5. The Morgan fingerprint density at radius 2 is 1.83 bits per heavy atom. The van der Waals surface area contributed by atoms with E-state index in [2.05, 4.69) is 4.18 Å². The number of aliphatic carboxylic acids is 1. The monoisotopic (exact) mass is 285 g/mol. The summed E-state index contributed by atoms with van der Waals surface area (Å²) < 4.78 is 33.4. The van der Waals surface area contributed by atoms with E-state index in [0.717, 1.165) is 0 Å². The van der Waals surface area contributed by atoms with Gasteiger partial charge in [0.15, 0.2) is 0 Å². The van der Waals surface area contributed by atoms with Crippen molar-refractivity contribution in [3.63, 3.8) is 0 Å². The Labute approximate surface area is 126 Å². The fraction of sp³-hybridized carbons (Fsp3) is 0.222. The molecular formula is C9H12NNaO6S. The zero-order valence-electron chi connectivity index (χ0n) is 8.61. The van der Waals surface area contributed by atoms with Gasteiger partial charge in [-0.3, -0.25) is 9.35 Å². The Bertz CT molecular complexity index is 500. The van der Waals surface area contributed by atoms with Gasteiger partial charge in [-0.05, 0) is 24.1 Å². The van der Waals surface area contributed by atoms with Gasteiger partial charge >= 0.3 is 45.9 Å². The Hall–Kier alpha value is -0.640. The molecule has 0 spiro atoms. The van der Waals surface area contributed by atoms with Crippen LogP contribution in [-0.4, -0.2) is 59.6 Å². The Kier molecular flexibility index (Phi) is 6.82. The summed E-state index contributed by atoms with van der Waals surface area (Å²) >= 11 is 0. The fourth-order valence-corrected chi connectivity index (χ4v) is 1.50. The molecule has 7 nitrogen and oxygen atoms in total. The molecule has 18 heavy (non-hydrogen) atoms. The van der Waals surface area contributed by atoms with E-state index in [4.69, 9.17) is 15.4 Å². The molecule has 0 aliphatic carbocycles. The van der Waals surface area contributed by atoms with Gasteiger partial charge in [0, 0.05) is 0 Å². The second-order valence-electron chi connectivity index (χ2n) is 3.30. The average molecular weight is 285 g/mol. The van der Waals surface area contributed by atoms with E-state index in [-0.39, 0.29) is 41.7 Å². The van der Waals surface area contributed by atoms with Gasteiger partial charge in [0.2, 0.25) is 0 Å². The first kappa shape index (κ1) is 17.4. The van der Waals surface area contributed by atoms with E-state index in [9.17, 15) is 13.2 Å². The molecule has 0 aliphatic rings. The number of carboxylic acids is 1. The van der Waals surface area contributed by atoms with Gasteiger partial charge in [-0.15, -0.1) is 0 Å². The molecule has 0 aromatic heterocycles. The molecule has 0 heterocycles. The average Bonchev–Trinajstić information content (AvgIpc) is 2.18. The first-order chi connectivity index (χ1) is 7.78. The van der Waals surface area contributed by atoms with Crippen molar-refractivity contribution in [1.29, 1.82) is 0 Å². The number of nitrogens with two attached hydrogens (primary N) is 1. The van der Waals surface area contributed by atoms with Crippen molar-refractivity contribution in [2.24, 2.45) is 5.73 Å². The van der Waals surface area contributed by atoms with Crippen molar-refractivity contribution in [2.75, 3.05) is 0 Å². The molecular weight excluding hydrogens is 273 g/mol. The van der Waals surface area contributed by atoms with Crippen molar-refractivity contribution >= 4 is 45.9 Å². The molecule has 0 saturated heterocycles. The molecule has 0 aliphatic heterocycles. The van der Waals surface area contributed by atoms with Gasteiger partial charge in [-0.1, -0.05) is 12.1 Å². The maximum atomic E-state index is 10.5. The molecule has 4 N–H and O–H groups in total. The third kappa shape index (κ3) is 6.34.